The van der Waals surface area contributed by atoms with Crippen LogP contribution in [-0.4, -0.2) is 26.2 Å². The Bertz CT molecular complexity index is 335. The third-order valence-corrected chi connectivity index (χ3v) is 2.32. The molecule has 1 rings (SSSR count). The minimum absolute atomic E-state index is 0.241. The van der Waals surface area contributed by atoms with Gasteiger partial charge in [-0.05, 0) is 24.6 Å². The third-order valence-electron chi connectivity index (χ3n) is 2.32. The first-order valence-electron chi connectivity index (χ1n) is 5.23. The Balaban J connectivity index is 2.82. The van der Waals surface area contributed by atoms with Crippen LogP contribution < -0.4 is 10.5 Å². The summed E-state index contributed by atoms with van der Waals surface area (Å²) in [4.78, 5) is 11.6. The van der Waals surface area contributed by atoms with Gasteiger partial charge in [-0.2, -0.15) is 0 Å². The second-order valence-electron chi connectivity index (χ2n) is 3.31. The summed E-state index contributed by atoms with van der Waals surface area (Å²) >= 11 is 0. The molecule has 16 heavy (non-hydrogen) atoms. The van der Waals surface area contributed by atoms with Crippen molar-refractivity contribution >= 4 is 5.97 Å². The lowest BCUT2D eigenvalue weighted by molar-refractivity contribution is -0.144. The molecule has 0 saturated heterocycles. The van der Waals surface area contributed by atoms with Crippen LogP contribution in [-0.2, 0) is 9.53 Å². The number of carbonyl (C=O) groups is 1. The molecular formula is C12H17NO3. The average molecular weight is 223 g/mol. The first-order chi connectivity index (χ1) is 7.72. The van der Waals surface area contributed by atoms with E-state index in [4.69, 9.17) is 15.2 Å². The van der Waals surface area contributed by atoms with Crippen molar-refractivity contribution in [1.29, 1.82) is 0 Å². The van der Waals surface area contributed by atoms with Crippen molar-refractivity contribution in [3.05, 3.63) is 29.8 Å². The summed E-state index contributed by atoms with van der Waals surface area (Å²) in [5.74, 6) is 0.0735. The highest BCUT2D eigenvalue weighted by atomic mass is 16.5. The van der Waals surface area contributed by atoms with E-state index in [1.54, 1.807) is 26.2 Å². The molecule has 4 heteroatoms. The Hall–Kier alpha value is -1.55. The second kappa shape index (κ2) is 6.12. The number of ether oxygens (including phenoxy) is 2. The molecule has 0 aliphatic carbocycles. The molecule has 0 spiro atoms. The molecule has 0 aliphatic heterocycles. The highest BCUT2D eigenvalue weighted by molar-refractivity contribution is 5.78. The van der Waals surface area contributed by atoms with Crippen LogP contribution in [0.4, 0.5) is 0 Å². The zero-order chi connectivity index (χ0) is 12.0. The molecule has 0 heterocycles. The van der Waals surface area contributed by atoms with E-state index in [0.717, 1.165) is 11.3 Å². The molecule has 1 atom stereocenters. The van der Waals surface area contributed by atoms with Crippen LogP contribution >= 0.6 is 0 Å². The highest BCUT2D eigenvalue weighted by Crippen LogP contribution is 2.19. The van der Waals surface area contributed by atoms with Gasteiger partial charge in [0.15, 0.2) is 0 Å². The summed E-state index contributed by atoms with van der Waals surface area (Å²) in [6, 6.07) is 7.26. The Morgan fingerprint density at radius 3 is 2.44 bits per heavy atom. The number of esters is 1. The number of hydrogen-bond acceptors (Lipinski definition) is 4. The summed E-state index contributed by atoms with van der Waals surface area (Å²) in [6.45, 7) is 2.39. The summed E-state index contributed by atoms with van der Waals surface area (Å²) < 4.78 is 10.00. The Morgan fingerprint density at radius 1 is 1.38 bits per heavy atom. The molecular weight excluding hydrogens is 206 g/mol. The molecule has 0 amide bonds. The second-order valence-corrected chi connectivity index (χ2v) is 3.31. The van der Waals surface area contributed by atoms with Crippen LogP contribution in [0.3, 0.4) is 0 Å². The van der Waals surface area contributed by atoms with Gasteiger partial charge in [-0.15, -0.1) is 0 Å². The van der Waals surface area contributed by atoms with E-state index >= 15 is 0 Å². The Morgan fingerprint density at radius 2 is 2.00 bits per heavy atom. The van der Waals surface area contributed by atoms with E-state index in [0.29, 0.717) is 6.61 Å². The maximum atomic E-state index is 11.6. The molecule has 1 aromatic rings. The van der Waals surface area contributed by atoms with Crippen molar-refractivity contribution in [2.24, 2.45) is 5.73 Å². The van der Waals surface area contributed by atoms with Crippen molar-refractivity contribution in [2.75, 3.05) is 20.3 Å². The van der Waals surface area contributed by atoms with E-state index in [9.17, 15) is 4.79 Å². The SMILES string of the molecule is CCOC(=O)C(CN)c1ccc(OC)cc1. The molecule has 2 N–H and O–H groups in total. The van der Waals surface area contributed by atoms with Gasteiger partial charge in [0, 0.05) is 6.54 Å². The molecule has 0 saturated carbocycles. The van der Waals surface area contributed by atoms with Gasteiger partial charge in [0.1, 0.15) is 5.75 Å². The van der Waals surface area contributed by atoms with E-state index in [1.807, 2.05) is 12.1 Å². The molecule has 1 aromatic carbocycles. The van der Waals surface area contributed by atoms with Crippen molar-refractivity contribution < 1.29 is 14.3 Å². The predicted octanol–water partition coefficient (Wildman–Crippen LogP) is 1.30. The number of rotatable bonds is 5. The Labute approximate surface area is 95.3 Å². The molecule has 1 unspecified atom stereocenters. The molecule has 0 aromatic heterocycles. The van der Waals surface area contributed by atoms with Crippen LogP contribution in [0, 0.1) is 0 Å². The fourth-order valence-corrected chi connectivity index (χ4v) is 1.45. The first kappa shape index (κ1) is 12.5. The van der Waals surface area contributed by atoms with E-state index in [-0.39, 0.29) is 12.5 Å². The number of nitrogens with two attached hydrogens (primary N) is 1. The molecule has 4 nitrogen and oxygen atoms in total. The van der Waals surface area contributed by atoms with Crippen molar-refractivity contribution in [3.63, 3.8) is 0 Å². The smallest absolute Gasteiger partial charge is 0.314 e. The quantitative estimate of drug-likeness (QED) is 0.764. The lowest BCUT2D eigenvalue weighted by Crippen LogP contribution is -2.23. The van der Waals surface area contributed by atoms with Crippen molar-refractivity contribution in [2.45, 2.75) is 12.8 Å². The first-order valence-corrected chi connectivity index (χ1v) is 5.23. The van der Waals surface area contributed by atoms with Crippen molar-refractivity contribution in [3.8, 4) is 5.75 Å². The third kappa shape index (κ3) is 2.97. The fraction of sp³-hybridized carbons (Fsp3) is 0.417. The summed E-state index contributed by atoms with van der Waals surface area (Å²) in [7, 11) is 1.60. The number of carbonyl (C=O) groups excluding carboxylic acids is 1. The van der Waals surface area contributed by atoms with Gasteiger partial charge in [-0.3, -0.25) is 4.79 Å². The van der Waals surface area contributed by atoms with Gasteiger partial charge in [-0.1, -0.05) is 12.1 Å². The zero-order valence-electron chi connectivity index (χ0n) is 9.60. The maximum Gasteiger partial charge on any atom is 0.314 e. The molecule has 0 radical (unpaired) electrons. The van der Waals surface area contributed by atoms with Crippen LogP contribution in [0.15, 0.2) is 24.3 Å². The van der Waals surface area contributed by atoms with Gasteiger partial charge in [0.05, 0.1) is 19.6 Å². The van der Waals surface area contributed by atoms with E-state index in [2.05, 4.69) is 0 Å². The Kier molecular flexibility index (Phi) is 4.79. The minimum atomic E-state index is -0.397. The monoisotopic (exact) mass is 223 g/mol. The zero-order valence-corrected chi connectivity index (χ0v) is 9.60. The highest BCUT2D eigenvalue weighted by Gasteiger charge is 2.19. The van der Waals surface area contributed by atoms with E-state index < -0.39 is 5.92 Å². The largest absolute Gasteiger partial charge is 0.497 e. The fourth-order valence-electron chi connectivity index (χ4n) is 1.45. The van der Waals surface area contributed by atoms with E-state index in [1.165, 1.54) is 0 Å². The lowest BCUT2D eigenvalue weighted by Gasteiger charge is -2.13. The standard InChI is InChI=1S/C12H17NO3/c1-3-16-12(14)11(8-13)9-4-6-10(15-2)7-5-9/h4-7,11H,3,8,13H2,1-2H3. The molecule has 0 fully saturated rings. The minimum Gasteiger partial charge on any atom is -0.497 e. The van der Waals surface area contributed by atoms with Gasteiger partial charge < -0.3 is 15.2 Å². The maximum absolute atomic E-state index is 11.6. The predicted molar refractivity (Wildman–Crippen MR) is 61.4 cm³/mol. The normalized spacial score (nSPS) is 11.9. The van der Waals surface area contributed by atoms with Crippen LogP contribution in [0.2, 0.25) is 0 Å². The topological polar surface area (TPSA) is 61.5 Å². The van der Waals surface area contributed by atoms with Crippen LogP contribution in [0.25, 0.3) is 0 Å². The van der Waals surface area contributed by atoms with Gasteiger partial charge >= 0.3 is 5.97 Å². The van der Waals surface area contributed by atoms with Gasteiger partial charge in [-0.25, -0.2) is 0 Å². The number of hydrogen-bond donors (Lipinski definition) is 1. The number of methoxy groups -OCH3 is 1. The molecule has 0 bridgehead atoms. The summed E-state index contributed by atoms with van der Waals surface area (Å²) in [6.07, 6.45) is 0. The average Bonchev–Trinajstić information content (AvgIpc) is 2.31. The van der Waals surface area contributed by atoms with Gasteiger partial charge in [0.2, 0.25) is 0 Å². The number of benzene rings is 1. The lowest BCUT2D eigenvalue weighted by atomic mass is 9.99. The summed E-state index contributed by atoms with van der Waals surface area (Å²) in [5.41, 5.74) is 6.42. The van der Waals surface area contributed by atoms with Crippen LogP contribution in [0.1, 0.15) is 18.4 Å². The van der Waals surface area contributed by atoms with Crippen molar-refractivity contribution in [1.82, 2.24) is 0 Å². The summed E-state index contributed by atoms with van der Waals surface area (Å²) in [5, 5.41) is 0. The van der Waals surface area contributed by atoms with Gasteiger partial charge in [0.25, 0.3) is 0 Å². The molecule has 0 aliphatic rings. The van der Waals surface area contributed by atoms with Crippen LogP contribution in [0.5, 0.6) is 5.75 Å². The molecule has 88 valence electrons.